The van der Waals surface area contributed by atoms with Crippen molar-refractivity contribution in [3.8, 4) is 0 Å². The first-order valence-electron chi connectivity index (χ1n) is 6.99. The van der Waals surface area contributed by atoms with Crippen LogP contribution in [-0.2, 0) is 10.5 Å². The third-order valence-corrected chi connectivity index (χ3v) is 4.77. The number of carbonyl (C=O) groups is 1. The summed E-state index contributed by atoms with van der Waals surface area (Å²) in [6.45, 7) is 3.86. The quantitative estimate of drug-likeness (QED) is 0.733. The molecule has 2 rings (SSSR count). The molecule has 0 saturated carbocycles. The summed E-state index contributed by atoms with van der Waals surface area (Å²) in [7, 11) is 0. The van der Waals surface area contributed by atoms with Crippen LogP contribution in [0.4, 0.5) is 0 Å². The Labute approximate surface area is 124 Å². The number of nitrogens with one attached hydrogen (secondary N) is 2. The van der Waals surface area contributed by atoms with Crippen molar-refractivity contribution in [2.45, 2.75) is 24.0 Å². The minimum atomic E-state index is -0.345. The summed E-state index contributed by atoms with van der Waals surface area (Å²) in [6, 6.07) is 10.1. The van der Waals surface area contributed by atoms with Crippen molar-refractivity contribution in [1.82, 2.24) is 10.6 Å². The fraction of sp³-hybridized carbons (Fsp3) is 0.533. The minimum Gasteiger partial charge on any atom is -0.391 e. The zero-order valence-corrected chi connectivity index (χ0v) is 12.5. The predicted molar refractivity (Wildman–Crippen MR) is 82.6 cm³/mol. The maximum absolute atomic E-state index is 12.0. The molecule has 20 heavy (non-hydrogen) atoms. The standard InChI is InChI=1S/C15H22N2O2S/c1-11(20-10-12-5-3-2-4-6-12)15(19)17-8-13-7-16-9-14(13)18/h2-6,11,13-14,16,18H,7-10H2,1H3,(H,17,19). The Hall–Kier alpha value is -1.04. The van der Waals surface area contributed by atoms with E-state index in [0.29, 0.717) is 13.1 Å². The van der Waals surface area contributed by atoms with Crippen molar-refractivity contribution in [2.24, 2.45) is 5.92 Å². The zero-order valence-electron chi connectivity index (χ0n) is 11.7. The number of aliphatic hydroxyl groups excluding tert-OH is 1. The first-order chi connectivity index (χ1) is 9.66. The predicted octanol–water partition coefficient (Wildman–Crippen LogP) is 1.00. The number of benzene rings is 1. The highest BCUT2D eigenvalue weighted by Gasteiger charge is 2.25. The number of thioether (sulfide) groups is 1. The Bertz CT molecular complexity index is 427. The summed E-state index contributed by atoms with van der Waals surface area (Å²) in [6.07, 6.45) is -0.345. The van der Waals surface area contributed by atoms with Crippen molar-refractivity contribution in [3.63, 3.8) is 0 Å². The van der Waals surface area contributed by atoms with Gasteiger partial charge in [0.05, 0.1) is 11.4 Å². The molecule has 0 aromatic heterocycles. The largest absolute Gasteiger partial charge is 0.391 e. The van der Waals surface area contributed by atoms with Gasteiger partial charge in [0.25, 0.3) is 0 Å². The van der Waals surface area contributed by atoms with E-state index in [9.17, 15) is 9.90 Å². The number of aliphatic hydroxyl groups is 1. The molecule has 3 N–H and O–H groups in total. The summed E-state index contributed by atoms with van der Waals surface area (Å²) >= 11 is 1.63. The third kappa shape index (κ3) is 4.51. The summed E-state index contributed by atoms with van der Waals surface area (Å²) in [5.74, 6) is 1.01. The van der Waals surface area contributed by atoms with Crippen LogP contribution in [0.25, 0.3) is 0 Å². The van der Waals surface area contributed by atoms with Gasteiger partial charge in [0.15, 0.2) is 0 Å². The van der Waals surface area contributed by atoms with Gasteiger partial charge < -0.3 is 15.7 Å². The highest BCUT2D eigenvalue weighted by atomic mass is 32.2. The van der Waals surface area contributed by atoms with Gasteiger partial charge in [-0.3, -0.25) is 4.79 Å². The van der Waals surface area contributed by atoms with Crippen molar-refractivity contribution in [2.75, 3.05) is 19.6 Å². The second-order valence-electron chi connectivity index (χ2n) is 5.17. The van der Waals surface area contributed by atoms with Gasteiger partial charge in [-0.05, 0) is 12.5 Å². The molecule has 1 saturated heterocycles. The molecule has 110 valence electrons. The van der Waals surface area contributed by atoms with E-state index in [1.165, 1.54) is 5.56 Å². The third-order valence-electron chi connectivity index (χ3n) is 3.55. The molecule has 0 aliphatic carbocycles. The van der Waals surface area contributed by atoms with Crippen LogP contribution in [-0.4, -0.2) is 42.0 Å². The first kappa shape index (κ1) is 15.4. The fourth-order valence-electron chi connectivity index (χ4n) is 2.17. The molecule has 3 atom stereocenters. The average Bonchev–Trinajstić information content (AvgIpc) is 2.88. The van der Waals surface area contributed by atoms with E-state index in [2.05, 4.69) is 22.8 Å². The molecule has 1 fully saturated rings. The average molecular weight is 294 g/mol. The summed E-state index contributed by atoms with van der Waals surface area (Å²) in [5, 5.41) is 15.6. The van der Waals surface area contributed by atoms with E-state index in [-0.39, 0.29) is 23.2 Å². The van der Waals surface area contributed by atoms with E-state index in [1.54, 1.807) is 11.8 Å². The molecule has 0 radical (unpaired) electrons. The molecule has 3 unspecified atom stereocenters. The minimum absolute atomic E-state index is 0.0463. The smallest absolute Gasteiger partial charge is 0.232 e. The van der Waals surface area contributed by atoms with E-state index < -0.39 is 0 Å². The van der Waals surface area contributed by atoms with Gasteiger partial charge in [0, 0.05) is 31.3 Å². The van der Waals surface area contributed by atoms with Gasteiger partial charge in [0.2, 0.25) is 5.91 Å². The van der Waals surface area contributed by atoms with Crippen LogP contribution in [0.15, 0.2) is 30.3 Å². The SMILES string of the molecule is CC(SCc1ccccc1)C(=O)NCC1CNCC1O. The number of carbonyl (C=O) groups excluding carboxylic acids is 1. The zero-order chi connectivity index (χ0) is 14.4. The lowest BCUT2D eigenvalue weighted by molar-refractivity contribution is -0.120. The molecule has 5 heteroatoms. The van der Waals surface area contributed by atoms with E-state index in [4.69, 9.17) is 0 Å². The lowest BCUT2D eigenvalue weighted by Gasteiger charge is -2.16. The second kappa shape index (κ2) is 7.67. The molecular weight excluding hydrogens is 272 g/mol. The molecule has 1 aliphatic heterocycles. The molecule has 1 amide bonds. The van der Waals surface area contributed by atoms with Crippen LogP contribution in [0, 0.1) is 5.92 Å². The molecule has 4 nitrogen and oxygen atoms in total. The van der Waals surface area contributed by atoms with Crippen LogP contribution in [0.2, 0.25) is 0 Å². The Morgan fingerprint density at radius 3 is 2.85 bits per heavy atom. The van der Waals surface area contributed by atoms with Gasteiger partial charge in [-0.15, -0.1) is 11.8 Å². The maximum atomic E-state index is 12.0. The van der Waals surface area contributed by atoms with Gasteiger partial charge in [-0.2, -0.15) is 0 Å². The molecule has 1 heterocycles. The van der Waals surface area contributed by atoms with Crippen molar-refractivity contribution < 1.29 is 9.90 Å². The van der Waals surface area contributed by atoms with Crippen molar-refractivity contribution in [1.29, 1.82) is 0 Å². The normalized spacial score (nSPS) is 23.5. The number of hydrogen-bond donors (Lipinski definition) is 3. The highest BCUT2D eigenvalue weighted by Crippen LogP contribution is 2.17. The lowest BCUT2D eigenvalue weighted by Crippen LogP contribution is -2.38. The number of amides is 1. The Morgan fingerprint density at radius 2 is 2.20 bits per heavy atom. The van der Waals surface area contributed by atoms with Gasteiger partial charge in [0.1, 0.15) is 0 Å². The number of β-amino-alcohol motifs (C(OH)–C–C–N with tert-alkyl or cyclic N) is 1. The molecule has 1 aromatic carbocycles. The van der Waals surface area contributed by atoms with Gasteiger partial charge >= 0.3 is 0 Å². The van der Waals surface area contributed by atoms with Gasteiger partial charge in [-0.1, -0.05) is 30.3 Å². The van der Waals surface area contributed by atoms with E-state index in [1.807, 2.05) is 25.1 Å². The Balaban J connectivity index is 1.69. The Morgan fingerprint density at radius 1 is 1.45 bits per heavy atom. The van der Waals surface area contributed by atoms with Crippen LogP contribution < -0.4 is 10.6 Å². The van der Waals surface area contributed by atoms with Crippen molar-refractivity contribution in [3.05, 3.63) is 35.9 Å². The van der Waals surface area contributed by atoms with E-state index >= 15 is 0 Å². The van der Waals surface area contributed by atoms with Gasteiger partial charge in [-0.25, -0.2) is 0 Å². The highest BCUT2D eigenvalue weighted by molar-refractivity contribution is 7.99. The Kier molecular flexibility index (Phi) is 5.88. The maximum Gasteiger partial charge on any atom is 0.232 e. The van der Waals surface area contributed by atoms with Crippen LogP contribution in [0.1, 0.15) is 12.5 Å². The second-order valence-corrected chi connectivity index (χ2v) is 6.50. The van der Waals surface area contributed by atoms with Crippen LogP contribution in [0.5, 0.6) is 0 Å². The summed E-state index contributed by atoms with van der Waals surface area (Å²) in [5.41, 5.74) is 1.23. The molecular formula is C15H22N2O2S. The van der Waals surface area contributed by atoms with Crippen LogP contribution >= 0.6 is 11.8 Å². The molecule has 0 bridgehead atoms. The molecule has 1 aliphatic rings. The summed E-state index contributed by atoms with van der Waals surface area (Å²) < 4.78 is 0. The molecule has 1 aromatic rings. The topological polar surface area (TPSA) is 61.4 Å². The van der Waals surface area contributed by atoms with Crippen LogP contribution in [0.3, 0.4) is 0 Å². The molecule has 0 spiro atoms. The van der Waals surface area contributed by atoms with Crippen molar-refractivity contribution >= 4 is 17.7 Å². The number of hydrogen-bond acceptors (Lipinski definition) is 4. The number of rotatable bonds is 6. The fourth-order valence-corrected chi connectivity index (χ4v) is 3.04. The van der Waals surface area contributed by atoms with E-state index in [0.717, 1.165) is 12.3 Å². The first-order valence-corrected chi connectivity index (χ1v) is 8.03. The lowest BCUT2D eigenvalue weighted by atomic mass is 10.1. The summed E-state index contributed by atoms with van der Waals surface area (Å²) in [4.78, 5) is 12.0. The monoisotopic (exact) mass is 294 g/mol.